The molecule has 0 aliphatic heterocycles. The third-order valence-corrected chi connectivity index (χ3v) is 2.64. The van der Waals surface area contributed by atoms with E-state index in [2.05, 4.69) is 10.1 Å². The van der Waals surface area contributed by atoms with Crippen LogP contribution in [0.2, 0.25) is 0 Å². The number of hydrogen-bond donors (Lipinski definition) is 2. The minimum atomic E-state index is -4.74. The van der Waals surface area contributed by atoms with Crippen molar-refractivity contribution in [3.8, 4) is 5.75 Å². The molecular weight excluding hydrogens is 287 g/mol. The Morgan fingerprint density at radius 1 is 1.33 bits per heavy atom. The summed E-state index contributed by atoms with van der Waals surface area (Å²) in [5.41, 5.74) is 5.78. The van der Waals surface area contributed by atoms with Crippen molar-refractivity contribution in [2.24, 2.45) is 5.73 Å². The molecule has 118 valence electrons. The number of amides is 1. The lowest BCUT2D eigenvalue weighted by Gasteiger charge is -2.18. The zero-order valence-electron chi connectivity index (χ0n) is 11.8. The van der Waals surface area contributed by atoms with Crippen LogP contribution < -0.4 is 15.8 Å². The van der Waals surface area contributed by atoms with Crippen molar-refractivity contribution in [2.45, 2.75) is 12.4 Å². The van der Waals surface area contributed by atoms with Crippen molar-refractivity contribution in [1.82, 2.24) is 10.2 Å². The zero-order chi connectivity index (χ0) is 16.0. The first-order valence-corrected chi connectivity index (χ1v) is 6.22. The second-order valence-corrected chi connectivity index (χ2v) is 4.71. The zero-order valence-corrected chi connectivity index (χ0v) is 11.8. The highest BCUT2D eigenvalue weighted by atomic mass is 19.4. The van der Waals surface area contributed by atoms with Crippen molar-refractivity contribution in [1.29, 1.82) is 0 Å². The normalized spacial score (nSPS) is 13.2. The van der Waals surface area contributed by atoms with Crippen LogP contribution in [0.5, 0.6) is 5.75 Å². The van der Waals surface area contributed by atoms with E-state index < -0.39 is 18.3 Å². The number of likely N-dealkylation sites (N-methyl/N-ethyl adjacent to an activating group) is 1. The van der Waals surface area contributed by atoms with E-state index in [-0.39, 0.29) is 5.75 Å². The third kappa shape index (κ3) is 6.46. The molecule has 0 aromatic heterocycles. The molecule has 21 heavy (non-hydrogen) atoms. The monoisotopic (exact) mass is 305 g/mol. The average molecular weight is 305 g/mol. The second kappa shape index (κ2) is 7.28. The van der Waals surface area contributed by atoms with Gasteiger partial charge in [-0.2, -0.15) is 0 Å². The summed E-state index contributed by atoms with van der Waals surface area (Å²) in [4.78, 5) is 13.3. The molecule has 0 aliphatic rings. The van der Waals surface area contributed by atoms with Gasteiger partial charge < -0.3 is 20.7 Å². The number of halogens is 3. The third-order valence-electron chi connectivity index (χ3n) is 2.64. The minimum Gasteiger partial charge on any atom is -0.406 e. The molecule has 0 bridgehead atoms. The maximum Gasteiger partial charge on any atom is 0.573 e. The van der Waals surface area contributed by atoms with Crippen LogP contribution in [0.15, 0.2) is 24.3 Å². The molecule has 1 atom stereocenters. The predicted octanol–water partition coefficient (Wildman–Crippen LogP) is 1.26. The topological polar surface area (TPSA) is 67.6 Å². The number of primary amides is 1. The second-order valence-electron chi connectivity index (χ2n) is 4.71. The van der Waals surface area contributed by atoms with Gasteiger partial charge in [0.15, 0.2) is 0 Å². The smallest absolute Gasteiger partial charge is 0.406 e. The molecule has 1 aromatic rings. The molecule has 0 fully saturated rings. The lowest BCUT2D eigenvalue weighted by molar-refractivity contribution is -0.274. The number of ether oxygens (including phenoxy) is 1. The first kappa shape index (κ1) is 17.3. The van der Waals surface area contributed by atoms with Crippen molar-refractivity contribution in [3.05, 3.63) is 29.8 Å². The summed E-state index contributed by atoms with van der Waals surface area (Å²) in [5, 5.41) is 2.96. The van der Waals surface area contributed by atoms with Gasteiger partial charge in [-0.05, 0) is 31.8 Å². The number of benzene rings is 1. The highest BCUT2D eigenvalue weighted by Gasteiger charge is 2.31. The lowest BCUT2D eigenvalue weighted by Crippen LogP contribution is -2.37. The van der Waals surface area contributed by atoms with Crippen LogP contribution in [-0.4, -0.2) is 44.4 Å². The first-order valence-electron chi connectivity index (χ1n) is 6.22. The number of nitrogens with one attached hydrogen (secondary N) is 1. The Morgan fingerprint density at radius 2 is 1.90 bits per heavy atom. The number of carbonyl (C=O) groups excluding carboxylic acids is 1. The highest BCUT2D eigenvalue weighted by Crippen LogP contribution is 2.24. The molecule has 3 N–H and O–H groups in total. The van der Waals surface area contributed by atoms with Crippen LogP contribution in [-0.2, 0) is 4.79 Å². The van der Waals surface area contributed by atoms with Gasteiger partial charge in [-0.3, -0.25) is 4.79 Å². The molecule has 0 aliphatic carbocycles. The summed E-state index contributed by atoms with van der Waals surface area (Å²) in [6.07, 6.45) is -4.74. The first-order chi connectivity index (χ1) is 9.69. The number of hydrogen-bond acceptors (Lipinski definition) is 4. The minimum absolute atomic E-state index is 0.345. The summed E-state index contributed by atoms with van der Waals surface area (Å²) in [6.45, 7) is 1.21. The number of nitrogens with two attached hydrogens (primary N) is 1. The molecular formula is C13H18F3N3O2. The largest absolute Gasteiger partial charge is 0.573 e. The van der Waals surface area contributed by atoms with Crippen molar-refractivity contribution >= 4 is 5.91 Å². The van der Waals surface area contributed by atoms with E-state index in [1.165, 1.54) is 12.1 Å². The Kier molecular flexibility index (Phi) is 5.98. The van der Waals surface area contributed by atoms with Gasteiger partial charge in [-0.1, -0.05) is 12.1 Å². The van der Waals surface area contributed by atoms with Gasteiger partial charge in [-0.25, -0.2) is 0 Å². The van der Waals surface area contributed by atoms with Gasteiger partial charge in [-0.15, -0.1) is 13.2 Å². The van der Waals surface area contributed by atoms with Gasteiger partial charge in [0.25, 0.3) is 0 Å². The molecule has 1 amide bonds. The average Bonchev–Trinajstić information content (AvgIpc) is 2.33. The number of alkyl halides is 3. The summed E-state index contributed by atoms with van der Waals surface area (Å²) in [5.74, 6) is -0.944. The van der Waals surface area contributed by atoms with Crippen LogP contribution in [0.25, 0.3) is 0 Å². The van der Waals surface area contributed by atoms with Crippen LogP contribution in [0.3, 0.4) is 0 Å². The fourth-order valence-corrected chi connectivity index (χ4v) is 1.68. The van der Waals surface area contributed by atoms with Crippen LogP contribution >= 0.6 is 0 Å². The summed E-state index contributed by atoms with van der Waals surface area (Å²) >= 11 is 0. The Morgan fingerprint density at radius 3 is 2.33 bits per heavy atom. The van der Waals surface area contributed by atoms with E-state index >= 15 is 0 Å². The number of nitrogens with zero attached hydrogens (tertiary/aromatic N) is 1. The maximum absolute atomic E-state index is 12.1. The van der Waals surface area contributed by atoms with Crippen LogP contribution in [0.4, 0.5) is 13.2 Å². The fourth-order valence-electron chi connectivity index (χ4n) is 1.68. The standard InChI is InChI=1S/C13H18F3N3O2/c1-19(2)8-7-18-11(12(17)20)9-3-5-10(6-4-9)21-13(14,15)16/h3-6,11,18H,7-8H2,1-2H3,(H2,17,20). The van der Waals surface area contributed by atoms with Crippen molar-refractivity contribution in [3.63, 3.8) is 0 Å². The van der Waals surface area contributed by atoms with Gasteiger partial charge in [0, 0.05) is 13.1 Å². The Labute approximate surface area is 120 Å². The quantitative estimate of drug-likeness (QED) is 0.796. The molecule has 1 aromatic carbocycles. The summed E-state index contributed by atoms with van der Waals surface area (Å²) in [6, 6.07) is 4.28. The van der Waals surface area contributed by atoms with E-state index in [1.54, 1.807) is 0 Å². The van der Waals surface area contributed by atoms with E-state index in [4.69, 9.17) is 5.73 Å². The molecule has 0 saturated heterocycles. The van der Waals surface area contributed by atoms with Crippen LogP contribution in [0.1, 0.15) is 11.6 Å². The van der Waals surface area contributed by atoms with E-state index in [9.17, 15) is 18.0 Å². The van der Waals surface area contributed by atoms with Crippen molar-refractivity contribution < 1.29 is 22.7 Å². The predicted molar refractivity (Wildman–Crippen MR) is 71.6 cm³/mol. The lowest BCUT2D eigenvalue weighted by atomic mass is 10.1. The maximum atomic E-state index is 12.1. The van der Waals surface area contributed by atoms with Gasteiger partial charge >= 0.3 is 6.36 Å². The Bertz CT molecular complexity index is 461. The Hall–Kier alpha value is -1.80. The number of rotatable bonds is 7. The van der Waals surface area contributed by atoms with Gasteiger partial charge in [0.05, 0.1) is 0 Å². The molecule has 0 saturated carbocycles. The van der Waals surface area contributed by atoms with Gasteiger partial charge in [0.1, 0.15) is 11.8 Å². The van der Waals surface area contributed by atoms with Crippen molar-refractivity contribution in [2.75, 3.05) is 27.2 Å². The molecule has 0 spiro atoms. The van der Waals surface area contributed by atoms with Crippen LogP contribution in [0, 0.1) is 0 Å². The molecule has 1 unspecified atom stereocenters. The van der Waals surface area contributed by atoms with E-state index in [0.717, 1.165) is 12.1 Å². The molecule has 1 rings (SSSR count). The fraction of sp³-hybridized carbons (Fsp3) is 0.462. The van der Waals surface area contributed by atoms with Gasteiger partial charge in [0.2, 0.25) is 5.91 Å². The summed E-state index contributed by atoms with van der Waals surface area (Å²) in [7, 11) is 3.76. The summed E-state index contributed by atoms with van der Waals surface area (Å²) < 4.78 is 39.9. The molecule has 5 nitrogen and oxygen atoms in total. The molecule has 8 heteroatoms. The number of carbonyl (C=O) groups is 1. The Balaban J connectivity index is 2.73. The van der Waals surface area contributed by atoms with E-state index in [0.29, 0.717) is 18.7 Å². The highest BCUT2D eigenvalue weighted by molar-refractivity contribution is 5.81. The SMILES string of the molecule is CN(C)CCNC(C(N)=O)c1ccc(OC(F)(F)F)cc1. The van der Waals surface area contributed by atoms with E-state index in [1.807, 2.05) is 19.0 Å². The molecule has 0 heterocycles. The molecule has 0 radical (unpaired) electrons.